The standard InChI is InChI=1S/C14H19N3O3/c1-8-5-4-6-17(12(8)14(19)20)13(18)11-7-9(2)15-16-10(11)3/h7-8,12H,4-6H2,1-3H3,(H,19,20). The zero-order chi connectivity index (χ0) is 14.9. The van der Waals surface area contributed by atoms with E-state index in [0.717, 1.165) is 12.8 Å². The molecule has 0 saturated carbocycles. The Bertz CT molecular complexity index is 544. The summed E-state index contributed by atoms with van der Waals surface area (Å²) in [6.07, 6.45) is 1.65. The Morgan fingerprint density at radius 2 is 2.05 bits per heavy atom. The van der Waals surface area contributed by atoms with E-state index in [4.69, 9.17) is 0 Å². The molecular weight excluding hydrogens is 258 g/mol. The predicted octanol–water partition coefficient (Wildman–Crippen LogP) is 1.42. The Balaban J connectivity index is 2.35. The van der Waals surface area contributed by atoms with Crippen LogP contribution in [0.15, 0.2) is 6.07 Å². The maximum atomic E-state index is 12.6. The molecule has 1 saturated heterocycles. The molecule has 20 heavy (non-hydrogen) atoms. The minimum atomic E-state index is -0.943. The van der Waals surface area contributed by atoms with Crippen molar-refractivity contribution in [1.29, 1.82) is 0 Å². The van der Waals surface area contributed by atoms with Gasteiger partial charge in [0.25, 0.3) is 5.91 Å². The molecule has 0 spiro atoms. The van der Waals surface area contributed by atoms with E-state index in [1.807, 2.05) is 6.92 Å². The molecule has 1 aliphatic rings. The van der Waals surface area contributed by atoms with Crippen LogP contribution in [0, 0.1) is 19.8 Å². The monoisotopic (exact) mass is 277 g/mol. The lowest BCUT2D eigenvalue weighted by Crippen LogP contribution is -2.52. The average Bonchev–Trinajstić information content (AvgIpc) is 2.40. The topological polar surface area (TPSA) is 83.4 Å². The van der Waals surface area contributed by atoms with Crippen molar-refractivity contribution in [2.75, 3.05) is 6.54 Å². The molecule has 2 unspecified atom stereocenters. The molecular formula is C14H19N3O3. The summed E-state index contributed by atoms with van der Waals surface area (Å²) >= 11 is 0. The van der Waals surface area contributed by atoms with Crippen molar-refractivity contribution in [3.05, 3.63) is 23.0 Å². The van der Waals surface area contributed by atoms with E-state index in [2.05, 4.69) is 10.2 Å². The molecule has 1 aromatic rings. The van der Waals surface area contributed by atoms with Crippen molar-refractivity contribution in [2.24, 2.45) is 5.92 Å². The Morgan fingerprint density at radius 1 is 1.35 bits per heavy atom. The van der Waals surface area contributed by atoms with Crippen LogP contribution in [0.4, 0.5) is 0 Å². The van der Waals surface area contributed by atoms with Crippen LogP contribution in [0.1, 0.15) is 41.5 Å². The Hall–Kier alpha value is -1.98. The van der Waals surface area contributed by atoms with Crippen LogP contribution >= 0.6 is 0 Å². The summed E-state index contributed by atoms with van der Waals surface area (Å²) in [5.74, 6) is -1.25. The number of rotatable bonds is 2. The highest BCUT2D eigenvalue weighted by atomic mass is 16.4. The molecule has 2 rings (SSSR count). The lowest BCUT2D eigenvalue weighted by atomic mass is 9.90. The molecule has 2 heterocycles. The van der Waals surface area contributed by atoms with Gasteiger partial charge in [-0.1, -0.05) is 6.92 Å². The third-order valence-corrected chi connectivity index (χ3v) is 3.78. The van der Waals surface area contributed by atoms with Gasteiger partial charge in [0.05, 0.1) is 17.0 Å². The minimum absolute atomic E-state index is 0.0404. The molecule has 0 aliphatic carbocycles. The second-order valence-electron chi connectivity index (χ2n) is 5.39. The molecule has 0 bridgehead atoms. The summed E-state index contributed by atoms with van der Waals surface area (Å²) in [7, 11) is 0. The first-order valence-corrected chi connectivity index (χ1v) is 6.76. The summed E-state index contributed by atoms with van der Waals surface area (Å²) in [5.41, 5.74) is 1.62. The van der Waals surface area contributed by atoms with Gasteiger partial charge in [0, 0.05) is 6.54 Å². The third-order valence-electron chi connectivity index (χ3n) is 3.78. The molecule has 1 amide bonds. The second kappa shape index (κ2) is 5.56. The molecule has 6 heteroatoms. The first kappa shape index (κ1) is 14.4. The maximum absolute atomic E-state index is 12.6. The van der Waals surface area contributed by atoms with Crippen molar-refractivity contribution in [3.63, 3.8) is 0 Å². The van der Waals surface area contributed by atoms with Gasteiger partial charge in [0.1, 0.15) is 6.04 Å². The van der Waals surface area contributed by atoms with Crippen molar-refractivity contribution >= 4 is 11.9 Å². The molecule has 1 N–H and O–H groups in total. The largest absolute Gasteiger partial charge is 0.480 e. The number of carboxylic acids is 1. The fourth-order valence-electron chi connectivity index (χ4n) is 2.71. The number of aliphatic carboxylic acids is 1. The van der Waals surface area contributed by atoms with Gasteiger partial charge < -0.3 is 10.0 Å². The van der Waals surface area contributed by atoms with Gasteiger partial charge in [0.2, 0.25) is 0 Å². The maximum Gasteiger partial charge on any atom is 0.326 e. The number of likely N-dealkylation sites (tertiary alicyclic amines) is 1. The minimum Gasteiger partial charge on any atom is -0.480 e. The smallest absolute Gasteiger partial charge is 0.326 e. The van der Waals surface area contributed by atoms with Crippen molar-refractivity contribution in [2.45, 2.75) is 39.7 Å². The third kappa shape index (κ3) is 2.64. The normalized spacial score (nSPS) is 22.6. The van der Waals surface area contributed by atoms with E-state index in [9.17, 15) is 14.7 Å². The van der Waals surface area contributed by atoms with Crippen molar-refractivity contribution in [1.82, 2.24) is 15.1 Å². The van der Waals surface area contributed by atoms with E-state index < -0.39 is 12.0 Å². The van der Waals surface area contributed by atoms with E-state index in [1.165, 1.54) is 4.90 Å². The van der Waals surface area contributed by atoms with Gasteiger partial charge in [-0.15, -0.1) is 0 Å². The van der Waals surface area contributed by atoms with Crippen LogP contribution in [0.5, 0.6) is 0 Å². The van der Waals surface area contributed by atoms with Crippen molar-refractivity contribution < 1.29 is 14.7 Å². The second-order valence-corrected chi connectivity index (χ2v) is 5.39. The zero-order valence-electron chi connectivity index (χ0n) is 12.0. The predicted molar refractivity (Wildman–Crippen MR) is 72.4 cm³/mol. The summed E-state index contributed by atoms with van der Waals surface area (Å²) in [6, 6.07) is 0.909. The lowest BCUT2D eigenvalue weighted by molar-refractivity contribution is -0.145. The first-order valence-electron chi connectivity index (χ1n) is 6.76. The van der Waals surface area contributed by atoms with E-state index in [1.54, 1.807) is 19.9 Å². The number of aryl methyl sites for hydroxylation is 2. The van der Waals surface area contributed by atoms with Crippen molar-refractivity contribution in [3.8, 4) is 0 Å². The highest BCUT2D eigenvalue weighted by Crippen LogP contribution is 2.25. The fraction of sp³-hybridized carbons (Fsp3) is 0.571. The average molecular weight is 277 g/mol. The van der Waals surface area contributed by atoms with Crippen LogP contribution in [-0.4, -0.2) is 44.7 Å². The first-order chi connectivity index (χ1) is 9.41. The van der Waals surface area contributed by atoms with Gasteiger partial charge in [-0.25, -0.2) is 4.79 Å². The van der Waals surface area contributed by atoms with Gasteiger partial charge in [-0.2, -0.15) is 10.2 Å². The number of amides is 1. The zero-order valence-corrected chi connectivity index (χ0v) is 12.0. The molecule has 1 aromatic heterocycles. The summed E-state index contributed by atoms with van der Waals surface area (Å²) in [4.78, 5) is 25.5. The van der Waals surface area contributed by atoms with Gasteiger partial charge in [0.15, 0.2) is 0 Å². The van der Waals surface area contributed by atoms with Gasteiger partial charge in [-0.05, 0) is 38.7 Å². The van der Waals surface area contributed by atoms with E-state index in [-0.39, 0.29) is 11.8 Å². The number of carboxylic acid groups (broad SMARTS) is 1. The summed E-state index contributed by atoms with van der Waals surface area (Å²) in [6.45, 7) is 5.82. The molecule has 1 fully saturated rings. The molecule has 2 atom stereocenters. The number of nitrogens with zero attached hydrogens (tertiary/aromatic N) is 3. The summed E-state index contributed by atoms with van der Waals surface area (Å²) in [5, 5.41) is 17.2. The fourth-order valence-corrected chi connectivity index (χ4v) is 2.71. The highest BCUT2D eigenvalue weighted by Gasteiger charge is 2.37. The van der Waals surface area contributed by atoms with Gasteiger partial charge in [-0.3, -0.25) is 4.79 Å². The Kier molecular flexibility index (Phi) is 4.01. The number of aromatic nitrogens is 2. The number of carbonyl (C=O) groups excluding carboxylic acids is 1. The molecule has 0 radical (unpaired) electrons. The number of hydrogen-bond acceptors (Lipinski definition) is 4. The van der Waals surface area contributed by atoms with Crippen LogP contribution in [-0.2, 0) is 4.79 Å². The van der Waals surface area contributed by atoms with Crippen LogP contribution in [0.25, 0.3) is 0 Å². The SMILES string of the molecule is Cc1cc(C(=O)N2CCCC(C)C2C(=O)O)c(C)nn1. The van der Waals surface area contributed by atoms with E-state index >= 15 is 0 Å². The Labute approximate surface area is 117 Å². The van der Waals surface area contributed by atoms with Crippen LogP contribution in [0.3, 0.4) is 0 Å². The number of piperidine rings is 1. The number of hydrogen-bond donors (Lipinski definition) is 1. The van der Waals surface area contributed by atoms with E-state index in [0.29, 0.717) is 23.5 Å². The quantitative estimate of drug-likeness (QED) is 0.883. The number of carbonyl (C=O) groups is 2. The molecule has 108 valence electrons. The van der Waals surface area contributed by atoms with Crippen LogP contribution < -0.4 is 0 Å². The van der Waals surface area contributed by atoms with Crippen LogP contribution in [0.2, 0.25) is 0 Å². The molecule has 0 aromatic carbocycles. The van der Waals surface area contributed by atoms with Gasteiger partial charge >= 0.3 is 5.97 Å². The lowest BCUT2D eigenvalue weighted by Gasteiger charge is -2.37. The Morgan fingerprint density at radius 3 is 2.70 bits per heavy atom. The molecule has 1 aliphatic heterocycles. The molecule has 6 nitrogen and oxygen atoms in total. The summed E-state index contributed by atoms with van der Waals surface area (Å²) < 4.78 is 0. The highest BCUT2D eigenvalue weighted by molar-refractivity contribution is 5.97.